The van der Waals surface area contributed by atoms with Gasteiger partial charge in [0.25, 0.3) is 0 Å². The minimum absolute atomic E-state index is 0.0688. The van der Waals surface area contributed by atoms with Gasteiger partial charge in [0.2, 0.25) is 5.91 Å². The summed E-state index contributed by atoms with van der Waals surface area (Å²) in [7, 11) is 0. The zero-order chi connectivity index (χ0) is 17.1. The highest BCUT2D eigenvalue weighted by Gasteiger charge is 2.26. The van der Waals surface area contributed by atoms with Crippen molar-refractivity contribution in [2.75, 3.05) is 26.2 Å². The first-order chi connectivity index (χ1) is 12.3. The highest BCUT2D eigenvalue weighted by Crippen LogP contribution is 2.25. The van der Waals surface area contributed by atoms with E-state index in [0.717, 1.165) is 50.2 Å². The SMILES string of the molecule is O=C(NCCCN1CCCCC1)C1CCn2c(nc3ccccc32)C1. The highest BCUT2D eigenvalue weighted by molar-refractivity contribution is 5.80. The molecule has 1 amide bonds. The molecule has 0 aliphatic carbocycles. The van der Waals surface area contributed by atoms with Crippen LogP contribution in [-0.4, -0.2) is 46.5 Å². The molecule has 1 unspecified atom stereocenters. The maximum absolute atomic E-state index is 12.5. The first-order valence-electron chi connectivity index (χ1n) is 9.75. The van der Waals surface area contributed by atoms with Crippen LogP contribution < -0.4 is 5.32 Å². The molecule has 3 heterocycles. The van der Waals surface area contributed by atoms with Crippen molar-refractivity contribution < 1.29 is 4.79 Å². The number of nitrogens with zero attached hydrogens (tertiary/aromatic N) is 3. The zero-order valence-electron chi connectivity index (χ0n) is 14.9. The van der Waals surface area contributed by atoms with E-state index >= 15 is 0 Å². The Morgan fingerprint density at radius 1 is 1.16 bits per heavy atom. The smallest absolute Gasteiger partial charge is 0.223 e. The van der Waals surface area contributed by atoms with E-state index in [-0.39, 0.29) is 11.8 Å². The van der Waals surface area contributed by atoms with Crippen LogP contribution in [-0.2, 0) is 17.8 Å². The average molecular weight is 340 g/mol. The fourth-order valence-electron chi connectivity index (χ4n) is 4.20. The van der Waals surface area contributed by atoms with Crippen molar-refractivity contribution in [3.05, 3.63) is 30.1 Å². The molecule has 2 aromatic rings. The number of amides is 1. The molecule has 0 radical (unpaired) electrons. The van der Waals surface area contributed by atoms with E-state index in [1.807, 2.05) is 6.07 Å². The van der Waals surface area contributed by atoms with Gasteiger partial charge in [0, 0.05) is 25.4 Å². The Morgan fingerprint density at radius 3 is 2.88 bits per heavy atom. The standard InChI is InChI=1S/C20H28N4O/c25-20(21-10-6-13-23-11-4-1-5-12-23)16-9-14-24-18-8-3-2-7-17(18)22-19(24)15-16/h2-3,7-8,16H,1,4-6,9-15H2,(H,21,25). The number of likely N-dealkylation sites (tertiary alicyclic amines) is 1. The number of hydrogen-bond acceptors (Lipinski definition) is 3. The van der Waals surface area contributed by atoms with Crippen LogP contribution in [0.1, 0.15) is 37.9 Å². The Morgan fingerprint density at radius 2 is 2.00 bits per heavy atom. The number of carbonyl (C=O) groups excluding carboxylic acids is 1. The van der Waals surface area contributed by atoms with Crippen molar-refractivity contribution >= 4 is 16.9 Å². The molecule has 1 aromatic carbocycles. The van der Waals surface area contributed by atoms with E-state index in [0.29, 0.717) is 0 Å². The molecule has 1 N–H and O–H groups in total. The molecule has 1 fully saturated rings. The van der Waals surface area contributed by atoms with Gasteiger partial charge in [-0.3, -0.25) is 4.79 Å². The quantitative estimate of drug-likeness (QED) is 0.851. The summed E-state index contributed by atoms with van der Waals surface area (Å²) in [6.45, 7) is 5.25. The van der Waals surface area contributed by atoms with E-state index < -0.39 is 0 Å². The van der Waals surface area contributed by atoms with Gasteiger partial charge in [-0.2, -0.15) is 0 Å². The second-order valence-electron chi connectivity index (χ2n) is 7.40. The Balaban J connectivity index is 1.27. The summed E-state index contributed by atoms with van der Waals surface area (Å²) in [6, 6.07) is 8.25. The fourth-order valence-corrected chi connectivity index (χ4v) is 4.20. The third kappa shape index (κ3) is 3.71. The summed E-state index contributed by atoms with van der Waals surface area (Å²) in [5.74, 6) is 1.33. The number of hydrogen-bond donors (Lipinski definition) is 1. The lowest BCUT2D eigenvalue weighted by molar-refractivity contribution is -0.125. The molecule has 5 nitrogen and oxygen atoms in total. The van der Waals surface area contributed by atoms with Gasteiger partial charge >= 0.3 is 0 Å². The first-order valence-corrected chi connectivity index (χ1v) is 9.75. The Kier molecular flexibility index (Phi) is 5.02. The van der Waals surface area contributed by atoms with Gasteiger partial charge in [0.1, 0.15) is 5.82 Å². The number of imidazole rings is 1. The second kappa shape index (κ2) is 7.56. The molecule has 5 heteroatoms. The highest BCUT2D eigenvalue weighted by atomic mass is 16.1. The lowest BCUT2D eigenvalue weighted by atomic mass is 9.97. The number of rotatable bonds is 5. The summed E-state index contributed by atoms with van der Waals surface area (Å²) >= 11 is 0. The normalized spacial score (nSPS) is 21.2. The van der Waals surface area contributed by atoms with E-state index in [2.05, 4.69) is 33.0 Å². The molecule has 1 aromatic heterocycles. The molecule has 0 spiro atoms. The van der Waals surface area contributed by atoms with Gasteiger partial charge in [-0.25, -0.2) is 4.98 Å². The lowest BCUT2D eigenvalue weighted by Crippen LogP contribution is -2.37. The summed E-state index contributed by atoms with van der Waals surface area (Å²) in [5, 5.41) is 3.15. The zero-order valence-corrected chi connectivity index (χ0v) is 14.9. The monoisotopic (exact) mass is 340 g/mol. The van der Waals surface area contributed by atoms with Crippen LogP contribution in [0.25, 0.3) is 11.0 Å². The number of benzene rings is 1. The number of nitrogens with one attached hydrogen (secondary N) is 1. The number of fused-ring (bicyclic) bond motifs is 3. The molecule has 2 aliphatic rings. The van der Waals surface area contributed by atoms with Crippen LogP contribution in [0.5, 0.6) is 0 Å². The molecule has 2 aliphatic heterocycles. The summed E-state index contributed by atoms with van der Waals surface area (Å²) in [6.07, 6.45) is 6.75. The average Bonchev–Trinajstić information content (AvgIpc) is 3.03. The Labute approximate surface area is 149 Å². The molecular formula is C20H28N4O. The lowest BCUT2D eigenvalue weighted by Gasteiger charge is -2.26. The minimum atomic E-state index is 0.0688. The fraction of sp³-hybridized carbons (Fsp3) is 0.600. The number of piperidine rings is 1. The van der Waals surface area contributed by atoms with Gasteiger partial charge in [-0.05, 0) is 57.5 Å². The topological polar surface area (TPSA) is 50.2 Å². The Hall–Kier alpha value is -1.88. The van der Waals surface area contributed by atoms with Crippen LogP contribution in [0.2, 0.25) is 0 Å². The summed E-state index contributed by atoms with van der Waals surface area (Å²) < 4.78 is 2.27. The summed E-state index contributed by atoms with van der Waals surface area (Å²) in [5.41, 5.74) is 2.23. The number of aryl methyl sites for hydroxylation is 1. The predicted molar refractivity (Wildman–Crippen MR) is 99.5 cm³/mol. The second-order valence-corrected chi connectivity index (χ2v) is 7.40. The molecular weight excluding hydrogens is 312 g/mol. The maximum Gasteiger partial charge on any atom is 0.223 e. The number of carbonyl (C=O) groups is 1. The van der Waals surface area contributed by atoms with E-state index in [4.69, 9.17) is 4.98 Å². The molecule has 0 bridgehead atoms. The van der Waals surface area contributed by atoms with Crippen molar-refractivity contribution in [2.24, 2.45) is 5.92 Å². The van der Waals surface area contributed by atoms with Crippen molar-refractivity contribution in [3.63, 3.8) is 0 Å². The van der Waals surface area contributed by atoms with Gasteiger partial charge in [-0.15, -0.1) is 0 Å². The Bertz CT molecular complexity index is 732. The van der Waals surface area contributed by atoms with Crippen molar-refractivity contribution in [3.8, 4) is 0 Å². The molecule has 134 valence electrons. The van der Waals surface area contributed by atoms with E-state index in [1.165, 1.54) is 37.9 Å². The van der Waals surface area contributed by atoms with Crippen molar-refractivity contribution in [1.82, 2.24) is 19.8 Å². The van der Waals surface area contributed by atoms with Crippen molar-refractivity contribution in [2.45, 2.75) is 45.1 Å². The molecule has 1 saturated heterocycles. The van der Waals surface area contributed by atoms with E-state index in [9.17, 15) is 4.79 Å². The third-order valence-corrected chi connectivity index (χ3v) is 5.63. The van der Waals surface area contributed by atoms with Gasteiger partial charge in [0.05, 0.1) is 11.0 Å². The predicted octanol–water partition coefficient (Wildman–Crippen LogP) is 2.59. The van der Waals surface area contributed by atoms with Crippen molar-refractivity contribution in [1.29, 1.82) is 0 Å². The molecule has 0 saturated carbocycles. The maximum atomic E-state index is 12.5. The summed E-state index contributed by atoms with van der Waals surface area (Å²) in [4.78, 5) is 19.8. The molecule has 4 rings (SSSR count). The first kappa shape index (κ1) is 16.6. The van der Waals surface area contributed by atoms with E-state index in [1.54, 1.807) is 0 Å². The van der Waals surface area contributed by atoms with Gasteiger partial charge < -0.3 is 14.8 Å². The minimum Gasteiger partial charge on any atom is -0.356 e. The van der Waals surface area contributed by atoms with Crippen LogP contribution >= 0.6 is 0 Å². The van der Waals surface area contributed by atoms with Crippen LogP contribution in [0.3, 0.4) is 0 Å². The van der Waals surface area contributed by atoms with Gasteiger partial charge in [-0.1, -0.05) is 18.6 Å². The molecule has 1 atom stereocenters. The molecule has 25 heavy (non-hydrogen) atoms. The van der Waals surface area contributed by atoms with Crippen LogP contribution in [0.4, 0.5) is 0 Å². The van der Waals surface area contributed by atoms with Crippen LogP contribution in [0, 0.1) is 5.92 Å². The number of aromatic nitrogens is 2. The largest absolute Gasteiger partial charge is 0.356 e. The van der Waals surface area contributed by atoms with Gasteiger partial charge in [0.15, 0.2) is 0 Å². The third-order valence-electron chi connectivity index (χ3n) is 5.63. The van der Waals surface area contributed by atoms with Crippen LogP contribution in [0.15, 0.2) is 24.3 Å². The number of para-hydroxylation sites is 2.